The summed E-state index contributed by atoms with van der Waals surface area (Å²) >= 11 is 0. The number of hydrogen-bond donors (Lipinski definition) is 1. The first-order chi connectivity index (χ1) is 16.3. The van der Waals surface area contributed by atoms with Crippen LogP contribution < -0.4 is 14.4 Å². The predicted octanol–water partition coefficient (Wildman–Crippen LogP) is 4.56. The maximum atomic E-state index is 13.5. The van der Waals surface area contributed by atoms with Gasteiger partial charge in [-0.25, -0.2) is 12.8 Å². The third kappa shape index (κ3) is 6.81. The lowest BCUT2D eigenvalue weighted by Gasteiger charge is -2.25. The summed E-state index contributed by atoms with van der Waals surface area (Å²) in [5.41, 5.74) is 1.36. The third-order valence-corrected chi connectivity index (χ3v) is 7.03. The second-order valence-electron chi connectivity index (χ2n) is 7.89. The molecule has 1 atom stereocenters. The Morgan fingerprint density at radius 1 is 1.00 bits per heavy atom. The molecule has 0 aliphatic carbocycles. The lowest BCUT2D eigenvalue weighted by Crippen LogP contribution is -2.43. The zero-order valence-electron chi connectivity index (χ0n) is 19.3. The first-order valence-electron chi connectivity index (χ1n) is 11.1. The largest absolute Gasteiger partial charge is 0.494 e. The van der Waals surface area contributed by atoms with Gasteiger partial charge < -0.3 is 10.1 Å². The third-order valence-electron chi connectivity index (χ3n) is 5.24. The molecule has 0 spiro atoms. The van der Waals surface area contributed by atoms with E-state index in [0.29, 0.717) is 18.8 Å². The van der Waals surface area contributed by atoms with Crippen LogP contribution >= 0.6 is 0 Å². The van der Waals surface area contributed by atoms with Crippen LogP contribution in [-0.4, -0.2) is 33.5 Å². The molecule has 0 aliphatic rings. The predicted molar refractivity (Wildman–Crippen MR) is 131 cm³/mol. The summed E-state index contributed by atoms with van der Waals surface area (Å²) in [7, 11) is -4.09. The van der Waals surface area contributed by atoms with Crippen molar-refractivity contribution in [1.82, 2.24) is 5.32 Å². The van der Waals surface area contributed by atoms with E-state index in [1.54, 1.807) is 12.1 Å². The van der Waals surface area contributed by atoms with E-state index in [2.05, 4.69) is 5.32 Å². The fraction of sp³-hybridized carbons (Fsp3) is 0.269. The van der Waals surface area contributed by atoms with E-state index >= 15 is 0 Å². The highest BCUT2D eigenvalue weighted by molar-refractivity contribution is 7.92. The second-order valence-corrected chi connectivity index (χ2v) is 9.75. The zero-order chi connectivity index (χ0) is 24.6. The van der Waals surface area contributed by atoms with Crippen LogP contribution in [0.15, 0.2) is 83.8 Å². The summed E-state index contributed by atoms with van der Waals surface area (Å²) < 4.78 is 46.7. The van der Waals surface area contributed by atoms with E-state index in [1.165, 1.54) is 24.3 Å². The molecule has 0 saturated carbocycles. The normalized spacial score (nSPS) is 12.1. The molecule has 0 fully saturated rings. The Bertz CT molecular complexity index is 1170. The van der Waals surface area contributed by atoms with Crippen molar-refractivity contribution in [2.45, 2.75) is 37.6 Å². The van der Waals surface area contributed by atoms with Gasteiger partial charge >= 0.3 is 0 Å². The van der Waals surface area contributed by atoms with Gasteiger partial charge in [-0.05, 0) is 80.8 Å². The Morgan fingerprint density at radius 2 is 1.65 bits per heavy atom. The summed E-state index contributed by atoms with van der Waals surface area (Å²) in [6.07, 6.45) is 1.49. The average Bonchev–Trinajstić information content (AvgIpc) is 2.83. The Kier molecular flexibility index (Phi) is 8.65. The van der Waals surface area contributed by atoms with Crippen LogP contribution in [0.1, 0.15) is 25.8 Å². The van der Waals surface area contributed by atoms with Gasteiger partial charge in [-0.15, -0.1) is 0 Å². The number of nitrogens with zero attached hydrogens (tertiary/aromatic N) is 1. The van der Waals surface area contributed by atoms with Gasteiger partial charge in [0.1, 0.15) is 18.1 Å². The van der Waals surface area contributed by atoms with Crippen molar-refractivity contribution >= 4 is 21.6 Å². The Labute approximate surface area is 200 Å². The number of amides is 1. The number of ether oxygens (including phenoxy) is 1. The molecule has 0 aromatic heterocycles. The molecule has 34 heavy (non-hydrogen) atoms. The minimum atomic E-state index is -4.09. The van der Waals surface area contributed by atoms with Crippen molar-refractivity contribution in [2.24, 2.45) is 0 Å². The van der Waals surface area contributed by atoms with E-state index in [9.17, 15) is 17.6 Å². The fourth-order valence-corrected chi connectivity index (χ4v) is 4.90. The maximum absolute atomic E-state index is 13.5. The Morgan fingerprint density at radius 3 is 2.26 bits per heavy atom. The molecular formula is C26H29FN2O4S. The molecule has 0 radical (unpaired) electrons. The summed E-state index contributed by atoms with van der Waals surface area (Å²) in [5.74, 6) is -0.402. The van der Waals surface area contributed by atoms with Crippen molar-refractivity contribution in [2.75, 3.05) is 17.5 Å². The number of carbonyl (C=O) groups excluding carboxylic acids is 1. The van der Waals surface area contributed by atoms with Crippen LogP contribution in [0.25, 0.3) is 0 Å². The van der Waals surface area contributed by atoms with E-state index in [0.717, 1.165) is 28.4 Å². The van der Waals surface area contributed by atoms with Crippen molar-refractivity contribution in [3.63, 3.8) is 0 Å². The van der Waals surface area contributed by atoms with Gasteiger partial charge in [-0.3, -0.25) is 9.10 Å². The number of benzene rings is 3. The van der Waals surface area contributed by atoms with Gasteiger partial charge in [0.25, 0.3) is 10.0 Å². The van der Waals surface area contributed by atoms with E-state index in [1.807, 2.05) is 44.2 Å². The molecule has 3 aromatic rings. The number of anilines is 1. The van der Waals surface area contributed by atoms with Crippen LogP contribution in [-0.2, 0) is 21.2 Å². The SMILES string of the molecule is CCOc1ccc(S(=O)(=O)N(CC(=O)N[C@H](C)CCc2ccccc2)c2ccc(F)cc2)cc1. The number of sulfonamides is 1. The van der Waals surface area contributed by atoms with Gasteiger partial charge in [0.15, 0.2) is 0 Å². The molecule has 0 saturated heterocycles. The number of nitrogens with one attached hydrogen (secondary N) is 1. The van der Waals surface area contributed by atoms with Gasteiger partial charge in [0.05, 0.1) is 17.2 Å². The minimum Gasteiger partial charge on any atom is -0.494 e. The van der Waals surface area contributed by atoms with Gasteiger partial charge in [0, 0.05) is 6.04 Å². The number of halogens is 1. The monoisotopic (exact) mass is 484 g/mol. The lowest BCUT2D eigenvalue weighted by atomic mass is 10.1. The minimum absolute atomic E-state index is 0.00482. The summed E-state index contributed by atoms with van der Waals surface area (Å²) in [6.45, 7) is 3.73. The molecule has 8 heteroatoms. The fourth-order valence-electron chi connectivity index (χ4n) is 3.48. The van der Waals surface area contributed by atoms with E-state index < -0.39 is 28.3 Å². The molecule has 0 heterocycles. The summed E-state index contributed by atoms with van der Waals surface area (Å²) in [6, 6.07) is 20.7. The van der Waals surface area contributed by atoms with E-state index in [-0.39, 0.29) is 16.6 Å². The zero-order valence-corrected chi connectivity index (χ0v) is 20.1. The molecule has 1 amide bonds. The Balaban J connectivity index is 1.76. The molecular weight excluding hydrogens is 455 g/mol. The van der Waals surface area contributed by atoms with Crippen molar-refractivity contribution < 1.29 is 22.3 Å². The van der Waals surface area contributed by atoms with Crippen LogP contribution in [0, 0.1) is 5.82 Å². The van der Waals surface area contributed by atoms with Crippen LogP contribution in [0.3, 0.4) is 0 Å². The average molecular weight is 485 g/mol. The number of aryl methyl sites for hydroxylation is 1. The quantitative estimate of drug-likeness (QED) is 0.433. The molecule has 6 nitrogen and oxygen atoms in total. The highest BCUT2D eigenvalue weighted by atomic mass is 32.2. The number of rotatable bonds is 11. The van der Waals surface area contributed by atoms with Crippen molar-refractivity contribution in [3.8, 4) is 5.75 Å². The highest BCUT2D eigenvalue weighted by Gasteiger charge is 2.27. The molecule has 0 bridgehead atoms. The van der Waals surface area contributed by atoms with Crippen molar-refractivity contribution in [1.29, 1.82) is 0 Å². The van der Waals surface area contributed by atoms with Gasteiger partial charge in [-0.2, -0.15) is 0 Å². The standard InChI is InChI=1S/C26H29FN2O4S/c1-3-33-24-15-17-25(18-16-24)34(31,32)29(23-13-11-22(27)12-14-23)19-26(30)28-20(2)9-10-21-7-5-4-6-8-21/h4-8,11-18,20H,3,9-10,19H2,1-2H3,(H,28,30)/t20-/m1/s1. The van der Waals surface area contributed by atoms with E-state index in [4.69, 9.17) is 4.74 Å². The van der Waals surface area contributed by atoms with Crippen molar-refractivity contribution in [3.05, 3.63) is 90.2 Å². The van der Waals surface area contributed by atoms with Gasteiger partial charge in [0.2, 0.25) is 5.91 Å². The maximum Gasteiger partial charge on any atom is 0.264 e. The summed E-state index contributed by atoms with van der Waals surface area (Å²) in [5, 5.41) is 2.87. The summed E-state index contributed by atoms with van der Waals surface area (Å²) in [4.78, 5) is 12.8. The molecule has 0 unspecified atom stereocenters. The van der Waals surface area contributed by atoms with Gasteiger partial charge in [-0.1, -0.05) is 30.3 Å². The lowest BCUT2D eigenvalue weighted by molar-refractivity contribution is -0.120. The molecule has 1 N–H and O–H groups in total. The van der Waals surface area contributed by atoms with Crippen LogP contribution in [0.4, 0.5) is 10.1 Å². The first kappa shape index (κ1) is 25.2. The van der Waals surface area contributed by atoms with Crippen LogP contribution in [0.2, 0.25) is 0 Å². The smallest absolute Gasteiger partial charge is 0.264 e. The molecule has 0 aliphatic heterocycles. The Hall–Kier alpha value is -3.39. The molecule has 180 valence electrons. The second kappa shape index (κ2) is 11.7. The first-order valence-corrected chi connectivity index (χ1v) is 12.6. The molecule has 3 rings (SSSR count). The highest BCUT2D eigenvalue weighted by Crippen LogP contribution is 2.25. The number of carbonyl (C=O) groups is 1. The van der Waals surface area contributed by atoms with Crippen LogP contribution in [0.5, 0.6) is 5.75 Å². The topological polar surface area (TPSA) is 75.7 Å². The number of hydrogen-bond acceptors (Lipinski definition) is 4. The molecule has 3 aromatic carbocycles.